The molecule has 3 rings (SSSR count). The highest BCUT2D eigenvalue weighted by molar-refractivity contribution is 7.11. The van der Waals surface area contributed by atoms with Gasteiger partial charge in [0.25, 0.3) is 0 Å². The molecule has 1 aromatic rings. The van der Waals surface area contributed by atoms with E-state index in [0.717, 1.165) is 42.7 Å². The fraction of sp³-hybridized carbons (Fsp3) is 0.562. The molecular weight excluding hydrogens is 326 g/mol. The van der Waals surface area contributed by atoms with Gasteiger partial charge in [0.1, 0.15) is 0 Å². The number of amidine groups is 1. The first-order chi connectivity index (χ1) is 11.7. The summed E-state index contributed by atoms with van der Waals surface area (Å²) >= 11 is 1.53. The van der Waals surface area contributed by atoms with Crippen LogP contribution in [0.3, 0.4) is 0 Å². The van der Waals surface area contributed by atoms with E-state index in [-0.39, 0.29) is 5.97 Å². The summed E-state index contributed by atoms with van der Waals surface area (Å²) in [5, 5.41) is 6.09. The van der Waals surface area contributed by atoms with Crippen LogP contribution in [-0.2, 0) is 9.53 Å². The molecule has 0 aromatic carbocycles. The minimum atomic E-state index is -0.281. The van der Waals surface area contributed by atoms with E-state index >= 15 is 0 Å². The van der Waals surface area contributed by atoms with Gasteiger partial charge in [-0.25, -0.2) is 9.78 Å². The first-order valence-corrected chi connectivity index (χ1v) is 9.06. The number of aromatic nitrogens is 1. The van der Waals surface area contributed by atoms with Gasteiger partial charge < -0.3 is 15.0 Å². The molecular formula is C16H23N5O2S. The predicted octanol–water partition coefficient (Wildman–Crippen LogP) is 0.558. The van der Waals surface area contributed by atoms with Crippen molar-refractivity contribution in [2.24, 2.45) is 4.99 Å². The van der Waals surface area contributed by atoms with E-state index in [2.05, 4.69) is 32.1 Å². The highest BCUT2D eigenvalue weighted by Gasteiger charge is 2.25. The Balaban J connectivity index is 1.76. The van der Waals surface area contributed by atoms with Gasteiger partial charge in [0.15, 0.2) is 10.8 Å². The number of nitrogens with one attached hydrogen (secondary N) is 1. The summed E-state index contributed by atoms with van der Waals surface area (Å²) in [6.07, 6.45) is 1.76. The molecule has 0 amide bonds. The lowest BCUT2D eigenvalue weighted by Crippen LogP contribution is -2.47. The van der Waals surface area contributed by atoms with Crippen LogP contribution in [0.25, 0.3) is 0 Å². The number of ether oxygens (including phenoxy) is 1. The quantitative estimate of drug-likeness (QED) is 0.783. The third-order valence-electron chi connectivity index (χ3n) is 4.16. The number of rotatable bonds is 5. The second-order valence-electron chi connectivity index (χ2n) is 5.88. The van der Waals surface area contributed by atoms with Crippen molar-refractivity contribution in [3.63, 3.8) is 0 Å². The molecule has 130 valence electrons. The Morgan fingerprint density at radius 1 is 1.38 bits per heavy atom. The van der Waals surface area contributed by atoms with Crippen LogP contribution in [0.1, 0.15) is 11.9 Å². The minimum absolute atomic E-state index is 0.281. The van der Waals surface area contributed by atoms with Crippen molar-refractivity contribution in [1.82, 2.24) is 20.1 Å². The smallest absolute Gasteiger partial charge is 0.337 e. The maximum absolute atomic E-state index is 12.3. The number of hydrogen-bond donors (Lipinski definition) is 1. The Kier molecular flexibility index (Phi) is 5.60. The van der Waals surface area contributed by atoms with E-state index in [0.29, 0.717) is 25.3 Å². The molecule has 8 heteroatoms. The summed E-state index contributed by atoms with van der Waals surface area (Å²) in [6, 6.07) is 0. The molecule has 3 heterocycles. The van der Waals surface area contributed by atoms with Crippen molar-refractivity contribution >= 4 is 23.1 Å². The monoisotopic (exact) mass is 349 g/mol. The number of hydrogen-bond acceptors (Lipinski definition) is 8. The molecule has 0 radical (unpaired) electrons. The third kappa shape index (κ3) is 4.00. The van der Waals surface area contributed by atoms with Crippen molar-refractivity contribution in [3.05, 3.63) is 27.9 Å². The Morgan fingerprint density at radius 3 is 2.83 bits per heavy atom. The zero-order valence-corrected chi connectivity index (χ0v) is 14.9. The van der Waals surface area contributed by atoms with Crippen LogP contribution >= 0.6 is 11.3 Å². The van der Waals surface area contributed by atoms with Crippen LogP contribution in [0.15, 0.2) is 27.8 Å². The van der Waals surface area contributed by atoms with E-state index in [1.165, 1.54) is 11.3 Å². The molecule has 1 saturated heterocycles. The van der Waals surface area contributed by atoms with Crippen molar-refractivity contribution in [2.45, 2.75) is 6.92 Å². The number of thiazole rings is 1. The highest BCUT2D eigenvalue weighted by Crippen LogP contribution is 2.16. The Hall–Kier alpha value is -1.77. The Bertz CT molecular complexity index is 633. The maximum Gasteiger partial charge on any atom is 0.337 e. The summed E-state index contributed by atoms with van der Waals surface area (Å²) < 4.78 is 5.20. The molecule has 2 aliphatic heterocycles. The molecule has 1 N–H and O–H groups in total. The molecule has 0 unspecified atom stereocenters. The SMILES string of the molecule is CCOC(=O)C1=C(CN2CCN(C)CC2)NC(c2nccs2)=NC1. The van der Waals surface area contributed by atoms with Crippen LogP contribution in [0, 0.1) is 0 Å². The largest absolute Gasteiger partial charge is 0.463 e. The zero-order valence-electron chi connectivity index (χ0n) is 14.1. The van der Waals surface area contributed by atoms with Crippen LogP contribution in [0.4, 0.5) is 0 Å². The van der Waals surface area contributed by atoms with Gasteiger partial charge in [-0.2, -0.15) is 0 Å². The Labute approximate surface area is 146 Å². The summed E-state index contributed by atoms with van der Waals surface area (Å²) in [4.78, 5) is 25.7. The van der Waals surface area contributed by atoms with Gasteiger partial charge in [0.05, 0.1) is 18.7 Å². The number of nitrogens with zero attached hydrogens (tertiary/aromatic N) is 4. The number of carbonyl (C=O) groups excluding carboxylic acids is 1. The van der Waals surface area contributed by atoms with Gasteiger partial charge in [0, 0.05) is 50.0 Å². The second kappa shape index (κ2) is 7.87. The average molecular weight is 349 g/mol. The molecule has 0 bridgehead atoms. The lowest BCUT2D eigenvalue weighted by molar-refractivity contribution is -0.138. The Morgan fingerprint density at radius 2 is 2.17 bits per heavy atom. The first-order valence-electron chi connectivity index (χ1n) is 8.18. The van der Waals surface area contributed by atoms with E-state index in [4.69, 9.17) is 4.74 Å². The highest BCUT2D eigenvalue weighted by atomic mass is 32.1. The topological polar surface area (TPSA) is 70.1 Å². The molecule has 0 spiro atoms. The third-order valence-corrected chi connectivity index (χ3v) is 4.94. The van der Waals surface area contributed by atoms with Gasteiger partial charge in [-0.1, -0.05) is 0 Å². The van der Waals surface area contributed by atoms with Crippen LogP contribution < -0.4 is 5.32 Å². The number of likely N-dealkylation sites (N-methyl/N-ethyl adjacent to an activating group) is 1. The lowest BCUT2D eigenvalue weighted by atomic mass is 10.1. The predicted molar refractivity (Wildman–Crippen MR) is 94.2 cm³/mol. The normalized spacial score (nSPS) is 19.8. The molecule has 7 nitrogen and oxygen atoms in total. The van der Waals surface area contributed by atoms with E-state index < -0.39 is 0 Å². The fourth-order valence-electron chi connectivity index (χ4n) is 2.74. The lowest BCUT2D eigenvalue weighted by Gasteiger charge is -2.34. The second-order valence-corrected chi connectivity index (χ2v) is 6.78. The number of piperazine rings is 1. The number of aliphatic imine (C=N–C) groups is 1. The zero-order chi connectivity index (χ0) is 16.9. The van der Waals surface area contributed by atoms with Crippen LogP contribution in [-0.4, -0.2) is 79.5 Å². The van der Waals surface area contributed by atoms with Crippen LogP contribution in [0.2, 0.25) is 0 Å². The van der Waals surface area contributed by atoms with Crippen molar-refractivity contribution < 1.29 is 9.53 Å². The van der Waals surface area contributed by atoms with Gasteiger partial charge in [-0.15, -0.1) is 11.3 Å². The summed E-state index contributed by atoms with van der Waals surface area (Å²) in [5.74, 6) is 0.457. The standard InChI is InChI=1S/C16H23N5O2S/c1-3-23-16(22)12-10-18-14(15-17-4-9-24-15)19-13(12)11-21-7-5-20(2)6-8-21/h4,9H,3,5-8,10-11H2,1-2H3,(H,18,19). The molecule has 2 aliphatic rings. The molecule has 0 aliphatic carbocycles. The van der Waals surface area contributed by atoms with Crippen molar-refractivity contribution in [3.8, 4) is 0 Å². The van der Waals surface area contributed by atoms with E-state index in [1.807, 2.05) is 12.3 Å². The molecule has 1 aromatic heterocycles. The minimum Gasteiger partial charge on any atom is -0.463 e. The summed E-state index contributed by atoms with van der Waals surface area (Å²) in [5.41, 5.74) is 1.51. The average Bonchev–Trinajstić information content (AvgIpc) is 3.12. The molecule has 24 heavy (non-hydrogen) atoms. The number of carbonyl (C=O) groups is 1. The summed E-state index contributed by atoms with van der Waals surface area (Å²) in [6.45, 7) is 7.27. The number of esters is 1. The molecule has 0 atom stereocenters. The first kappa shape index (κ1) is 17.1. The van der Waals surface area contributed by atoms with Crippen molar-refractivity contribution in [2.75, 3.05) is 52.9 Å². The van der Waals surface area contributed by atoms with E-state index in [1.54, 1.807) is 6.20 Å². The van der Waals surface area contributed by atoms with Gasteiger partial charge >= 0.3 is 5.97 Å². The maximum atomic E-state index is 12.3. The fourth-order valence-corrected chi connectivity index (χ4v) is 3.34. The van der Waals surface area contributed by atoms with Crippen LogP contribution in [0.5, 0.6) is 0 Å². The summed E-state index contributed by atoms with van der Waals surface area (Å²) in [7, 11) is 2.13. The molecule has 1 fully saturated rings. The van der Waals surface area contributed by atoms with Gasteiger partial charge in [0.2, 0.25) is 0 Å². The van der Waals surface area contributed by atoms with Crippen molar-refractivity contribution in [1.29, 1.82) is 0 Å². The van der Waals surface area contributed by atoms with Gasteiger partial charge in [-0.3, -0.25) is 9.89 Å². The van der Waals surface area contributed by atoms with Gasteiger partial charge in [-0.05, 0) is 14.0 Å². The van der Waals surface area contributed by atoms with E-state index in [9.17, 15) is 4.79 Å². The molecule has 0 saturated carbocycles.